The predicted molar refractivity (Wildman–Crippen MR) is 260 cm³/mol. The summed E-state index contributed by atoms with van der Waals surface area (Å²) < 4.78 is 6.98. The first-order chi connectivity index (χ1) is 31.3. The predicted octanol–water partition coefficient (Wildman–Crippen LogP) is 14.2. The van der Waals surface area contributed by atoms with Crippen LogP contribution >= 0.6 is 0 Å². The van der Waals surface area contributed by atoms with Crippen LogP contribution in [0.3, 0.4) is 0 Å². The first-order valence-corrected chi connectivity index (χ1v) is 21.6. The molecule has 0 bridgehead atoms. The Kier molecular flexibility index (Phi) is 7.93. The molecule has 0 saturated heterocycles. The van der Waals surface area contributed by atoms with Crippen LogP contribution in [0, 0.1) is 0 Å². The quantitative estimate of drug-likeness (QED) is 0.168. The van der Waals surface area contributed by atoms with Gasteiger partial charge in [-0.15, -0.1) is 0 Å². The third-order valence-corrected chi connectivity index (χ3v) is 12.7. The smallest absolute Gasteiger partial charge is 0.238 e. The second-order valence-corrected chi connectivity index (χ2v) is 16.3. The Balaban J connectivity index is 1.07. The van der Waals surface area contributed by atoms with Crippen molar-refractivity contribution in [2.75, 3.05) is 0 Å². The van der Waals surface area contributed by atoms with E-state index in [1.807, 2.05) is 0 Å². The second kappa shape index (κ2) is 14.1. The van der Waals surface area contributed by atoms with Crippen LogP contribution in [0.5, 0.6) is 0 Å². The highest BCUT2D eigenvalue weighted by atomic mass is 15.2. The van der Waals surface area contributed by atoms with E-state index >= 15 is 0 Å². The van der Waals surface area contributed by atoms with Gasteiger partial charge in [0.2, 0.25) is 5.95 Å². The summed E-state index contributed by atoms with van der Waals surface area (Å²) in [6.07, 6.45) is 8.92. The Morgan fingerprint density at radius 1 is 0.365 bits per heavy atom. The van der Waals surface area contributed by atoms with E-state index in [-0.39, 0.29) is 0 Å². The molecule has 296 valence electrons. The Hall–Kier alpha value is -8.35. The highest BCUT2D eigenvalue weighted by Crippen LogP contribution is 2.42. The minimum Gasteiger partial charge on any atom is -0.309 e. The molecule has 12 aromatic rings. The lowest BCUT2D eigenvalue weighted by Crippen LogP contribution is -2.06. The van der Waals surface area contributed by atoms with E-state index < -0.39 is 0 Å². The molecule has 4 heterocycles. The van der Waals surface area contributed by atoms with Gasteiger partial charge in [0.05, 0.1) is 33.1 Å². The lowest BCUT2D eigenvalue weighted by molar-refractivity contribution is 0.953. The molecule has 0 fully saturated rings. The minimum atomic E-state index is 0.562. The number of allylic oxidation sites excluding steroid dienone is 4. The topological polar surface area (TPSA) is 53.5 Å². The second-order valence-electron chi connectivity index (χ2n) is 16.3. The number of hydrogen-bond donors (Lipinski definition) is 0. The molecular formula is C57H38N6. The Labute approximate surface area is 363 Å². The van der Waals surface area contributed by atoms with E-state index in [0.29, 0.717) is 17.6 Å². The van der Waals surface area contributed by atoms with Crippen LogP contribution < -0.4 is 0 Å². The number of benzene rings is 8. The highest BCUT2D eigenvalue weighted by Gasteiger charge is 2.23. The van der Waals surface area contributed by atoms with Gasteiger partial charge in [0, 0.05) is 54.8 Å². The fourth-order valence-electron chi connectivity index (χ4n) is 9.92. The zero-order valence-electron chi connectivity index (χ0n) is 34.2. The molecule has 0 saturated carbocycles. The van der Waals surface area contributed by atoms with Gasteiger partial charge in [-0.25, -0.2) is 4.98 Å². The van der Waals surface area contributed by atoms with E-state index in [1.54, 1.807) is 0 Å². The number of rotatable bonds is 6. The van der Waals surface area contributed by atoms with E-state index in [4.69, 9.17) is 15.0 Å². The van der Waals surface area contributed by atoms with Crippen molar-refractivity contribution in [3.63, 3.8) is 0 Å². The van der Waals surface area contributed by atoms with E-state index in [2.05, 4.69) is 220 Å². The van der Waals surface area contributed by atoms with Gasteiger partial charge in [-0.3, -0.25) is 4.57 Å². The van der Waals surface area contributed by atoms with Gasteiger partial charge < -0.3 is 9.13 Å². The summed E-state index contributed by atoms with van der Waals surface area (Å²) in [6.45, 7) is 0. The highest BCUT2D eigenvalue weighted by molar-refractivity contribution is 6.26. The summed E-state index contributed by atoms with van der Waals surface area (Å²) in [4.78, 5) is 16.1. The van der Waals surface area contributed by atoms with E-state index in [1.165, 1.54) is 38.2 Å². The van der Waals surface area contributed by atoms with Gasteiger partial charge >= 0.3 is 0 Å². The molecule has 0 amide bonds. The first-order valence-electron chi connectivity index (χ1n) is 21.6. The Morgan fingerprint density at radius 2 is 0.937 bits per heavy atom. The molecule has 0 unspecified atom stereocenters. The van der Waals surface area contributed by atoms with Crippen LogP contribution in [0.25, 0.3) is 111 Å². The summed E-state index contributed by atoms with van der Waals surface area (Å²) >= 11 is 0. The summed E-state index contributed by atoms with van der Waals surface area (Å²) in [6, 6.07) is 67.0. The van der Waals surface area contributed by atoms with Gasteiger partial charge in [0.15, 0.2) is 11.6 Å². The van der Waals surface area contributed by atoms with Crippen LogP contribution in [0.4, 0.5) is 0 Å². The van der Waals surface area contributed by atoms with Crippen LogP contribution in [-0.4, -0.2) is 28.7 Å². The maximum atomic E-state index is 5.42. The van der Waals surface area contributed by atoms with Crippen molar-refractivity contribution in [3.8, 4) is 40.1 Å². The van der Waals surface area contributed by atoms with Crippen LogP contribution in [0.1, 0.15) is 18.4 Å². The number of para-hydroxylation sites is 5. The minimum absolute atomic E-state index is 0.562. The number of fused-ring (bicyclic) bond motifs is 10. The van der Waals surface area contributed by atoms with E-state index in [0.717, 1.165) is 73.7 Å². The lowest BCUT2D eigenvalue weighted by atomic mass is 9.98. The maximum Gasteiger partial charge on any atom is 0.238 e. The molecule has 1 aliphatic carbocycles. The fraction of sp³-hybridized carbons (Fsp3) is 0.0351. The van der Waals surface area contributed by atoms with Crippen molar-refractivity contribution in [1.29, 1.82) is 0 Å². The zero-order chi connectivity index (χ0) is 41.4. The monoisotopic (exact) mass is 806 g/mol. The molecule has 13 rings (SSSR count). The van der Waals surface area contributed by atoms with Gasteiger partial charge in [-0.05, 0) is 78.6 Å². The largest absolute Gasteiger partial charge is 0.309 e. The zero-order valence-corrected chi connectivity index (χ0v) is 34.2. The average molecular weight is 807 g/mol. The Morgan fingerprint density at radius 3 is 1.62 bits per heavy atom. The van der Waals surface area contributed by atoms with Crippen molar-refractivity contribution in [1.82, 2.24) is 28.7 Å². The molecule has 1 aliphatic rings. The van der Waals surface area contributed by atoms with Gasteiger partial charge in [-0.2, -0.15) is 9.97 Å². The molecular weight excluding hydrogens is 769 g/mol. The summed E-state index contributed by atoms with van der Waals surface area (Å²) in [5.41, 5.74) is 13.1. The molecule has 0 atom stereocenters. The molecule has 0 spiro atoms. The van der Waals surface area contributed by atoms with Gasteiger partial charge in [-0.1, -0.05) is 152 Å². The fourth-order valence-corrected chi connectivity index (χ4v) is 9.92. The molecule has 8 aromatic carbocycles. The molecule has 63 heavy (non-hydrogen) atoms. The lowest BCUT2D eigenvalue weighted by Gasteiger charge is -2.13. The third kappa shape index (κ3) is 5.55. The number of nitrogens with zero attached hydrogens (tertiary/aromatic N) is 6. The standard InChI is InChI=1S/C57H38N6/c1-3-16-37(17-4-1)38-30-32-39(33-31-38)55-58-56(40-18-15-21-42(36-40)61-48-26-11-7-22-43(48)44-23-8-12-27-49(44)61)60-57(59-55)63-51-29-14-10-25-47(51)53-52(63)35-34-46-45-24-9-13-28-50(45)62(54(46)53)41-19-5-2-6-20-41/h2-3,5-36H,1,4H2. The van der Waals surface area contributed by atoms with Crippen molar-refractivity contribution in [2.45, 2.75) is 12.8 Å². The van der Waals surface area contributed by atoms with Crippen molar-refractivity contribution >= 4 is 71.0 Å². The summed E-state index contributed by atoms with van der Waals surface area (Å²) in [5, 5.41) is 7.14. The van der Waals surface area contributed by atoms with E-state index in [9.17, 15) is 0 Å². The normalized spacial score (nSPS) is 13.0. The number of hydrogen-bond acceptors (Lipinski definition) is 3. The van der Waals surface area contributed by atoms with Crippen LogP contribution in [-0.2, 0) is 0 Å². The van der Waals surface area contributed by atoms with Crippen LogP contribution in [0.2, 0.25) is 0 Å². The SMILES string of the molecule is C1=CC(c2ccc(-c3nc(-c4cccc(-n5c6ccccc6c6ccccc65)c4)nc(-n4c5ccccc5c5c4ccc4c6ccccc6n(-c6ccccc6)c45)n3)cc2)=CCC1. The molecule has 0 radical (unpaired) electrons. The molecule has 6 nitrogen and oxygen atoms in total. The molecule has 0 N–H and O–H groups in total. The van der Waals surface area contributed by atoms with Gasteiger partial charge in [0.1, 0.15) is 0 Å². The maximum absolute atomic E-state index is 5.42. The summed E-state index contributed by atoms with van der Waals surface area (Å²) in [5.74, 6) is 1.78. The number of aromatic nitrogens is 6. The third-order valence-electron chi connectivity index (χ3n) is 12.7. The van der Waals surface area contributed by atoms with Crippen molar-refractivity contribution in [3.05, 3.63) is 212 Å². The van der Waals surface area contributed by atoms with Gasteiger partial charge in [0.25, 0.3) is 0 Å². The van der Waals surface area contributed by atoms with Crippen LogP contribution in [0.15, 0.2) is 206 Å². The Bertz CT molecular complexity index is 3790. The average Bonchev–Trinajstić information content (AvgIpc) is 4.00. The molecule has 4 aromatic heterocycles. The van der Waals surface area contributed by atoms with Crippen molar-refractivity contribution in [2.24, 2.45) is 0 Å². The summed E-state index contributed by atoms with van der Waals surface area (Å²) in [7, 11) is 0. The first kappa shape index (κ1) is 35.4. The van der Waals surface area contributed by atoms with Crippen molar-refractivity contribution < 1.29 is 0 Å². The molecule has 6 heteroatoms. The molecule has 0 aliphatic heterocycles.